The summed E-state index contributed by atoms with van der Waals surface area (Å²) >= 11 is 3.43. The van der Waals surface area contributed by atoms with Crippen LogP contribution < -0.4 is 0 Å². The van der Waals surface area contributed by atoms with E-state index in [1.165, 1.54) is 5.69 Å². The molecular formula is C13H17BrN4. The third-order valence-corrected chi connectivity index (χ3v) is 3.23. The smallest absolute Gasteiger partial charge is 0.158 e. The fraction of sp³-hybridized carbons (Fsp3) is 0.462. The molecule has 0 saturated heterocycles. The highest BCUT2D eigenvalue weighted by Crippen LogP contribution is 2.16. The van der Waals surface area contributed by atoms with Gasteiger partial charge in [-0.1, -0.05) is 20.8 Å². The largest absolute Gasteiger partial charge is 0.226 e. The summed E-state index contributed by atoms with van der Waals surface area (Å²) in [6.07, 6.45) is 2.69. The molecule has 0 bridgehead atoms. The lowest BCUT2D eigenvalue weighted by Crippen LogP contribution is -2.07. The maximum absolute atomic E-state index is 4.59. The van der Waals surface area contributed by atoms with E-state index in [0.29, 0.717) is 0 Å². The molecule has 0 N–H and O–H groups in total. The summed E-state index contributed by atoms with van der Waals surface area (Å²) in [6, 6.07) is 4.05. The molecule has 4 nitrogen and oxygen atoms in total. The highest BCUT2D eigenvalue weighted by atomic mass is 79.9. The van der Waals surface area contributed by atoms with E-state index in [9.17, 15) is 0 Å². The van der Waals surface area contributed by atoms with Gasteiger partial charge in [-0.2, -0.15) is 5.10 Å². The quantitative estimate of drug-likeness (QED) is 0.815. The predicted octanol–water partition coefficient (Wildman–Crippen LogP) is 3.11. The zero-order chi connectivity index (χ0) is 13.1. The van der Waals surface area contributed by atoms with E-state index in [1.54, 1.807) is 0 Å². The van der Waals surface area contributed by atoms with Crippen molar-refractivity contribution in [2.24, 2.45) is 0 Å². The van der Waals surface area contributed by atoms with Crippen LogP contribution in [0.25, 0.3) is 5.82 Å². The molecular weight excluding hydrogens is 292 g/mol. The molecule has 0 radical (unpaired) electrons. The summed E-state index contributed by atoms with van der Waals surface area (Å²) in [6.45, 7) is 6.29. The van der Waals surface area contributed by atoms with Crippen LogP contribution in [0.15, 0.2) is 16.7 Å². The molecule has 0 aromatic carbocycles. The fourth-order valence-corrected chi connectivity index (χ4v) is 2.23. The molecule has 0 fully saturated rings. The van der Waals surface area contributed by atoms with E-state index in [0.717, 1.165) is 41.2 Å². The molecule has 2 aromatic heterocycles. The van der Waals surface area contributed by atoms with E-state index in [-0.39, 0.29) is 0 Å². The second-order valence-electron chi connectivity index (χ2n) is 4.06. The Morgan fingerprint density at radius 1 is 1.06 bits per heavy atom. The van der Waals surface area contributed by atoms with Crippen molar-refractivity contribution in [2.45, 2.75) is 40.0 Å². The van der Waals surface area contributed by atoms with Gasteiger partial charge in [0.2, 0.25) is 0 Å². The van der Waals surface area contributed by atoms with E-state index < -0.39 is 0 Å². The summed E-state index contributed by atoms with van der Waals surface area (Å²) < 4.78 is 2.73. The Morgan fingerprint density at radius 3 is 2.44 bits per heavy atom. The highest BCUT2D eigenvalue weighted by Gasteiger charge is 2.10. The predicted molar refractivity (Wildman–Crippen MR) is 75.0 cm³/mol. The summed E-state index contributed by atoms with van der Waals surface area (Å²) in [5.74, 6) is 1.67. The van der Waals surface area contributed by atoms with Gasteiger partial charge < -0.3 is 0 Å². The Labute approximate surface area is 116 Å². The molecule has 0 spiro atoms. The lowest BCUT2D eigenvalue weighted by atomic mass is 10.2. The van der Waals surface area contributed by atoms with Crippen molar-refractivity contribution in [1.29, 1.82) is 0 Å². The van der Waals surface area contributed by atoms with Crippen molar-refractivity contribution in [3.63, 3.8) is 0 Å². The first-order chi connectivity index (χ1) is 8.67. The number of aryl methyl sites for hydroxylation is 3. The van der Waals surface area contributed by atoms with E-state index in [2.05, 4.69) is 50.9 Å². The zero-order valence-electron chi connectivity index (χ0n) is 10.9. The molecule has 2 heterocycles. The second kappa shape index (κ2) is 5.61. The van der Waals surface area contributed by atoms with Gasteiger partial charge in [-0.05, 0) is 34.8 Å². The monoisotopic (exact) mass is 308 g/mol. The lowest BCUT2D eigenvalue weighted by Gasteiger charge is -2.06. The number of nitrogens with zero attached hydrogens (tertiary/aromatic N) is 4. The van der Waals surface area contributed by atoms with E-state index in [4.69, 9.17) is 0 Å². The molecule has 2 aromatic rings. The van der Waals surface area contributed by atoms with E-state index in [1.807, 2.05) is 17.7 Å². The minimum absolute atomic E-state index is 0.806. The topological polar surface area (TPSA) is 43.6 Å². The second-order valence-corrected chi connectivity index (χ2v) is 4.88. The molecule has 0 aliphatic heterocycles. The van der Waals surface area contributed by atoms with Crippen LogP contribution in [-0.2, 0) is 19.3 Å². The molecule has 18 heavy (non-hydrogen) atoms. The van der Waals surface area contributed by atoms with Gasteiger partial charge in [0.15, 0.2) is 5.82 Å². The zero-order valence-corrected chi connectivity index (χ0v) is 12.5. The molecule has 0 aliphatic carbocycles. The number of aromatic nitrogens is 4. The normalized spacial score (nSPS) is 10.9. The molecule has 0 unspecified atom stereocenters. The highest BCUT2D eigenvalue weighted by molar-refractivity contribution is 9.10. The summed E-state index contributed by atoms with van der Waals surface area (Å²) in [7, 11) is 0. The van der Waals surface area contributed by atoms with Gasteiger partial charge in [-0.25, -0.2) is 14.6 Å². The van der Waals surface area contributed by atoms with Crippen LogP contribution in [0.1, 0.15) is 38.0 Å². The summed E-state index contributed by atoms with van der Waals surface area (Å²) in [4.78, 5) is 8.86. The third-order valence-electron chi connectivity index (χ3n) is 2.82. The molecule has 0 amide bonds. The van der Waals surface area contributed by atoms with Gasteiger partial charge in [0.25, 0.3) is 0 Å². The Morgan fingerprint density at radius 2 is 1.83 bits per heavy atom. The van der Waals surface area contributed by atoms with Crippen molar-refractivity contribution >= 4 is 15.9 Å². The molecule has 0 aliphatic rings. The van der Waals surface area contributed by atoms with Gasteiger partial charge in [0.05, 0.1) is 5.69 Å². The van der Waals surface area contributed by atoms with Crippen molar-refractivity contribution in [1.82, 2.24) is 19.7 Å². The fourth-order valence-electron chi connectivity index (χ4n) is 1.82. The van der Waals surface area contributed by atoms with Crippen molar-refractivity contribution in [3.8, 4) is 5.82 Å². The Bertz CT molecular complexity index is 548. The molecule has 96 valence electrons. The molecule has 5 heteroatoms. The van der Waals surface area contributed by atoms with Crippen LogP contribution in [-0.4, -0.2) is 19.7 Å². The van der Waals surface area contributed by atoms with Gasteiger partial charge >= 0.3 is 0 Å². The summed E-state index contributed by atoms with van der Waals surface area (Å²) in [5, 5.41) is 4.59. The molecule has 0 atom stereocenters. The van der Waals surface area contributed by atoms with Crippen LogP contribution in [0.2, 0.25) is 0 Å². The standard InChI is InChI=1S/C13H17BrN4/c1-4-9-7-10(5-2)18(17-9)13-8-11(14)15-12(6-3)16-13/h7-8H,4-6H2,1-3H3. The van der Waals surface area contributed by atoms with Gasteiger partial charge in [0.1, 0.15) is 10.4 Å². The average molecular weight is 309 g/mol. The molecule has 0 saturated carbocycles. The minimum atomic E-state index is 0.806. The van der Waals surface area contributed by atoms with Gasteiger partial charge in [-0.15, -0.1) is 0 Å². The van der Waals surface area contributed by atoms with Gasteiger partial charge in [-0.3, -0.25) is 0 Å². The lowest BCUT2D eigenvalue weighted by molar-refractivity contribution is 0.754. The van der Waals surface area contributed by atoms with Crippen LogP contribution in [0.3, 0.4) is 0 Å². The van der Waals surface area contributed by atoms with Gasteiger partial charge in [0, 0.05) is 18.2 Å². The maximum atomic E-state index is 4.59. The average Bonchev–Trinajstić information content (AvgIpc) is 2.81. The first-order valence-electron chi connectivity index (χ1n) is 6.29. The van der Waals surface area contributed by atoms with Crippen molar-refractivity contribution in [3.05, 3.63) is 33.9 Å². The number of hydrogen-bond acceptors (Lipinski definition) is 3. The molecule has 2 rings (SSSR count). The van der Waals surface area contributed by atoms with Crippen molar-refractivity contribution < 1.29 is 0 Å². The minimum Gasteiger partial charge on any atom is -0.226 e. The number of hydrogen-bond donors (Lipinski definition) is 0. The van der Waals surface area contributed by atoms with Crippen LogP contribution >= 0.6 is 15.9 Å². The first-order valence-corrected chi connectivity index (χ1v) is 7.08. The van der Waals surface area contributed by atoms with Crippen LogP contribution in [0.4, 0.5) is 0 Å². The Hall–Kier alpha value is -1.23. The van der Waals surface area contributed by atoms with Crippen molar-refractivity contribution in [2.75, 3.05) is 0 Å². The Balaban J connectivity index is 2.53. The maximum Gasteiger partial charge on any atom is 0.158 e. The Kier molecular flexibility index (Phi) is 4.11. The number of halogens is 1. The van der Waals surface area contributed by atoms with Crippen LogP contribution in [0, 0.1) is 0 Å². The third kappa shape index (κ3) is 2.61. The number of rotatable bonds is 4. The van der Waals surface area contributed by atoms with E-state index >= 15 is 0 Å². The first kappa shape index (κ1) is 13.2. The summed E-state index contributed by atoms with van der Waals surface area (Å²) in [5.41, 5.74) is 2.28. The SMILES string of the molecule is CCc1cc(CC)n(-c2cc(Br)nc(CC)n2)n1. The van der Waals surface area contributed by atoms with Crippen LogP contribution in [0.5, 0.6) is 0 Å².